The van der Waals surface area contributed by atoms with E-state index < -0.39 is 0 Å². The summed E-state index contributed by atoms with van der Waals surface area (Å²) in [4.78, 5) is 0. The maximum atomic E-state index is 8.90. The molecule has 0 bridgehead atoms. The van der Waals surface area contributed by atoms with Crippen LogP contribution in [-0.4, -0.2) is 0 Å². The molecular formula is C15H14N2O. The lowest BCUT2D eigenvalue weighted by Crippen LogP contribution is -1.93. The lowest BCUT2D eigenvalue weighted by Gasteiger charge is -2.12. The number of nitriles is 1. The fourth-order valence-electron chi connectivity index (χ4n) is 1.87. The number of rotatable bonds is 2. The lowest BCUT2D eigenvalue weighted by molar-refractivity contribution is 0.475. The Hall–Kier alpha value is -2.47. The molecule has 3 heteroatoms. The van der Waals surface area contributed by atoms with Crippen LogP contribution in [0.15, 0.2) is 36.4 Å². The van der Waals surface area contributed by atoms with Crippen molar-refractivity contribution in [1.29, 1.82) is 5.26 Å². The summed E-state index contributed by atoms with van der Waals surface area (Å²) in [5, 5.41) is 8.90. The van der Waals surface area contributed by atoms with E-state index in [0.717, 1.165) is 16.9 Å². The Morgan fingerprint density at radius 1 is 1.11 bits per heavy atom. The number of nitrogens with zero attached hydrogens (tertiary/aromatic N) is 1. The van der Waals surface area contributed by atoms with Gasteiger partial charge >= 0.3 is 0 Å². The number of benzene rings is 2. The van der Waals surface area contributed by atoms with Crippen molar-refractivity contribution in [3.63, 3.8) is 0 Å². The molecule has 0 heterocycles. The van der Waals surface area contributed by atoms with E-state index in [4.69, 9.17) is 15.7 Å². The molecule has 2 N–H and O–H groups in total. The highest BCUT2D eigenvalue weighted by Gasteiger charge is 2.07. The van der Waals surface area contributed by atoms with Gasteiger partial charge in [-0.1, -0.05) is 6.07 Å². The van der Waals surface area contributed by atoms with E-state index in [9.17, 15) is 0 Å². The van der Waals surface area contributed by atoms with Crippen LogP contribution in [0.25, 0.3) is 0 Å². The molecule has 2 aromatic carbocycles. The molecule has 0 spiro atoms. The zero-order chi connectivity index (χ0) is 13.1. The monoisotopic (exact) mass is 238 g/mol. The normalized spacial score (nSPS) is 9.83. The van der Waals surface area contributed by atoms with Crippen LogP contribution in [0, 0.1) is 25.2 Å². The molecule has 0 saturated heterocycles. The third kappa shape index (κ3) is 2.44. The molecule has 0 aliphatic carbocycles. The van der Waals surface area contributed by atoms with Crippen LogP contribution >= 0.6 is 0 Å². The van der Waals surface area contributed by atoms with E-state index in [0.29, 0.717) is 17.0 Å². The maximum absolute atomic E-state index is 8.90. The second kappa shape index (κ2) is 4.80. The summed E-state index contributed by atoms with van der Waals surface area (Å²) in [6, 6.07) is 13.0. The van der Waals surface area contributed by atoms with Crippen molar-refractivity contribution in [3.8, 4) is 17.6 Å². The van der Waals surface area contributed by atoms with Crippen LogP contribution in [0.3, 0.4) is 0 Å². The first kappa shape index (κ1) is 12.0. The fraction of sp³-hybridized carbons (Fsp3) is 0.133. The van der Waals surface area contributed by atoms with E-state index in [1.807, 2.05) is 44.2 Å². The highest BCUT2D eigenvalue weighted by Crippen LogP contribution is 2.30. The van der Waals surface area contributed by atoms with Gasteiger partial charge in [0.15, 0.2) is 0 Å². The summed E-state index contributed by atoms with van der Waals surface area (Å²) in [6.07, 6.45) is 0. The number of hydrogen-bond acceptors (Lipinski definition) is 3. The molecule has 0 aliphatic rings. The van der Waals surface area contributed by atoms with E-state index in [1.165, 1.54) is 0 Å². The third-order valence-corrected chi connectivity index (χ3v) is 2.67. The number of ether oxygens (including phenoxy) is 1. The topological polar surface area (TPSA) is 59.0 Å². The summed E-state index contributed by atoms with van der Waals surface area (Å²) in [5.41, 5.74) is 8.90. The van der Waals surface area contributed by atoms with Crippen molar-refractivity contribution in [2.24, 2.45) is 0 Å². The minimum Gasteiger partial charge on any atom is -0.457 e. The first-order chi connectivity index (χ1) is 8.60. The van der Waals surface area contributed by atoms with E-state index in [-0.39, 0.29) is 0 Å². The van der Waals surface area contributed by atoms with Crippen molar-refractivity contribution < 1.29 is 4.74 Å². The fourth-order valence-corrected chi connectivity index (χ4v) is 1.87. The Kier molecular flexibility index (Phi) is 3.20. The van der Waals surface area contributed by atoms with Gasteiger partial charge in [0.2, 0.25) is 0 Å². The number of anilines is 1. The van der Waals surface area contributed by atoms with Crippen LogP contribution in [0.5, 0.6) is 11.5 Å². The quantitative estimate of drug-likeness (QED) is 0.814. The average molecular weight is 238 g/mol. The molecule has 0 aromatic heterocycles. The zero-order valence-electron chi connectivity index (χ0n) is 10.4. The molecule has 3 nitrogen and oxygen atoms in total. The number of nitrogen functional groups attached to an aromatic ring is 1. The Balaban J connectivity index is 2.38. The number of aryl methyl sites for hydroxylation is 2. The van der Waals surface area contributed by atoms with Gasteiger partial charge in [0.25, 0.3) is 0 Å². The largest absolute Gasteiger partial charge is 0.457 e. The van der Waals surface area contributed by atoms with Crippen molar-refractivity contribution in [2.75, 3.05) is 5.73 Å². The number of nitrogens with two attached hydrogens (primary N) is 1. The molecule has 0 unspecified atom stereocenters. The molecule has 90 valence electrons. The Labute approximate surface area is 106 Å². The third-order valence-electron chi connectivity index (χ3n) is 2.67. The molecule has 0 saturated carbocycles. The molecule has 2 rings (SSSR count). The van der Waals surface area contributed by atoms with Gasteiger partial charge in [-0.05, 0) is 49.2 Å². The first-order valence-corrected chi connectivity index (χ1v) is 5.65. The lowest BCUT2D eigenvalue weighted by atomic mass is 10.1. The van der Waals surface area contributed by atoms with Gasteiger partial charge in [0.1, 0.15) is 11.5 Å². The van der Waals surface area contributed by atoms with Gasteiger partial charge < -0.3 is 10.5 Å². The molecule has 2 aromatic rings. The Morgan fingerprint density at radius 2 is 1.78 bits per heavy atom. The van der Waals surface area contributed by atoms with Crippen molar-refractivity contribution in [2.45, 2.75) is 13.8 Å². The SMILES string of the molecule is Cc1cc(C#N)cc(C)c1Oc1cccc(N)c1. The minimum absolute atomic E-state index is 0.643. The van der Waals surface area contributed by atoms with Crippen molar-refractivity contribution >= 4 is 5.69 Å². The predicted octanol–water partition coefficient (Wildman–Crippen LogP) is 3.55. The molecule has 0 aliphatic heterocycles. The van der Waals surface area contributed by atoms with Crippen LogP contribution in [0.1, 0.15) is 16.7 Å². The van der Waals surface area contributed by atoms with Crippen LogP contribution in [-0.2, 0) is 0 Å². The second-order valence-corrected chi connectivity index (χ2v) is 4.23. The maximum Gasteiger partial charge on any atom is 0.133 e. The van der Waals surface area contributed by atoms with Gasteiger partial charge in [-0.25, -0.2) is 0 Å². The molecule has 0 atom stereocenters. The van der Waals surface area contributed by atoms with Gasteiger partial charge in [0.05, 0.1) is 11.6 Å². The van der Waals surface area contributed by atoms with Crippen molar-refractivity contribution in [3.05, 3.63) is 53.1 Å². The van der Waals surface area contributed by atoms with Crippen LogP contribution in [0.4, 0.5) is 5.69 Å². The van der Waals surface area contributed by atoms with Gasteiger partial charge in [0, 0.05) is 11.8 Å². The van der Waals surface area contributed by atoms with E-state index in [1.54, 1.807) is 6.07 Å². The predicted molar refractivity (Wildman–Crippen MR) is 71.6 cm³/mol. The minimum atomic E-state index is 0.643. The Morgan fingerprint density at radius 3 is 2.33 bits per heavy atom. The highest BCUT2D eigenvalue weighted by atomic mass is 16.5. The summed E-state index contributed by atoms with van der Waals surface area (Å²) in [7, 11) is 0. The van der Waals surface area contributed by atoms with E-state index in [2.05, 4.69) is 6.07 Å². The standard InChI is InChI=1S/C15H14N2O/c1-10-6-12(9-16)7-11(2)15(10)18-14-5-3-4-13(17)8-14/h3-8H,17H2,1-2H3. The molecule has 0 amide bonds. The smallest absolute Gasteiger partial charge is 0.133 e. The Bertz CT molecular complexity index is 604. The van der Waals surface area contributed by atoms with Gasteiger partial charge in [-0.3, -0.25) is 0 Å². The van der Waals surface area contributed by atoms with Crippen LogP contribution < -0.4 is 10.5 Å². The van der Waals surface area contributed by atoms with Gasteiger partial charge in [-0.2, -0.15) is 5.26 Å². The molecular weight excluding hydrogens is 224 g/mol. The first-order valence-electron chi connectivity index (χ1n) is 5.65. The van der Waals surface area contributed by atoms with Crippen molar-refractivity contribution in [1.82, 2.24) is 0 Å². The summed E-state index contributed by atoms with van der Waals surface area (Å²) in [5.74, 6) is 1.48. The summed E-state index contributed by atoms with van der Waals surface area (Å²) >= 11 is 0. The summed E-state index contributed by atoms with van der Waals surface area (Å²) < 4.78 is 5.83. The molecule has 18 heavy (non-hydrogen) atoms. The average Bonchev–Trinajstić information content (AvgIpc) is 2.33. The van der Waals surface area contributed by atoms with E-state index >= 15 is 0 Å². The number of hydrogen-bond donors (Lipinski definition) is 1. The second-order valence-electron chi connectivity index (χ2n) is 4.23. The summed E-state index contributed by atoms with van der Waals surface area (Å²) in [6.45, 7) is 3.85. The zero-order valence-corrected chi connectivity index (χ0v) is 10.4. The highest BCUT2D eigenvalue weighted by molar-refractivity contribution is 5.50. The van der Waals surface area contributed by atoms with Crippen LogP contribution in [0.2, 0.25) is 0 Å². The van der Waals surface area contributed by atoms with Gasteiger partial charge in [-0.15, -0.1) is 0 Å². The molecule has 0 radical (unpaired) electrons. The molecule has 0 fully saturated rings.